The maximum absolute atomic E-state index is 3.32. The van der Waals surface area contributed by atoms with Crippen molar-refractivity contribution < 1.29 is 17.1 Å². The SMILES string of the molecule is CCCCCC1=[C-]CC=C1.[Mn]. The van der Waals surface area contributed by atoms with Crippen molar-refractivity contribution in [1.29, 1.82) is 0 Å². The van der Waals surface area contributed by atoms with Gasteiger partial charge in [-0.2, -0.15) is 6.08 Å². The third-order valence-corrected chi connectivity index (χ3v) is 1.82. The largest absolute Gasteiger partial charge is 0.269 e. The number of rotatable bonds is 4. The third-order valence-electron chi connectivity index (χ3n) is 1.82. The van der Waals surface area contributed by atoms with E-state index in [1.807, 2.05) is 0 Å². The van der Waals surface area contributed by atoms with E-state index in [1.165, 1.54) is 31.3 Å². The molecule has 0 heterocycles. The van der Waals surface area contributed by atoms with Crippen LogP contribution in [-0.4, -0.2) is 0 Å². The van der Waals surface area contributed by atoms with Gasteiger partial charge < -0.3 is 0 Å². The molecule has 0 amide bonds. The molecule has 0 nitrogen and oxygen atoms in total. The standard InChI is InChI=1S/C10H15.Mn/c1-2-3-4-7-10-8-5-6-9-10;/h5,8H,2-4,6-7H2,1H3;/q-1;. The van der Waals surface area contributed by atoms with Crippen LogP contribution in [0.5, 0.6) is 0 Å². The van der Waals surface area contributed by atoms with Crippen LogP contribution >= 0.6 is 0 Å². The molecule has 0 saturated carbocycles. The van der Waals surface area contributed by atoms with Crippen molar-refractivity contribution in [2.45, 2.75) is 39.0 Å². The van der Waals surface area contributed by atoms with Crippen LogP contribution in [0, 0.1) is 6.08 Å². The predicted molar refractivity (Wildman–Crippen MR) is 44.7 cm³/mol. The van der Waals surface area contributed by atoms with Crippen molar-refractivity contribution in [3.63, 3.8) is 0 Å². The first-order valence-corrected chi connectivity index (χ1v) is 4.19. The van der Waals surface area contributed by atoms with Crippen molar-refractivity contribution in [3.8, 4) is 0 Å². The zero-order chi connectivity index (χ0) is 7.23. The summed E-state index contributed by atoms with van der Waals surface area (Å²) in [4.78, 5) is 0. The van der Waals surface area contributed by atoms with E-state index in [9.17, 15) is 0 Å². The first kappa shape index (κ1) is 11.0. The molecule has 1 aliphatic rings. The van der Waals surface area contributed by atoms with Crippen molar-refractivity contribution in [2.24, 2.45) is 0 Å². The molecule has 11 heavy (non-hydrogen) atoms. The van der Waals surface area contributed by atoms with Gasteiger partial charge >= 0.3 is 0 Å². The molecule has 0 bridgehead atoms. The van der Waals surface area contributed by atoms with Crippen molar-refractivity contribution in [2.75, 3.05) is 0 Å². The van der Waals surface area contributed by atoms with Gasteiger partial charge in [-0.15, -0.1) is 6.42 Å². The van der Waals surface area contributed by atoms with Crippen LogP contribution in [-0.2, 0) is 17.1 Å². The fourth-order valence-electron chi connectivity index (χ4n) is 1.19. The Hall–Kier alpha value is -0.000519. The Kier molecular flexibility index (Phi) is 6.69. The van der Waals surface area contributed by atoms with Crippen LogP contribution in [0.1, 0.15) is 39.0 Å². The summed E-state index contributed by atoms with van der Waals surface area (Å²) in [5.74, 6) is 0. The molecule has 1 aliphatic carbocycles. The maximum Gasteiger partial charge on any atom is 0 e. The molecule has 1 radical (unpaired) electrons. The second-order valence-electron chi connectivity index (χ2n) is 2.77. The summed E-state index contributed by atoms with van der Waals surface area (Å²) in [6, 6.07) is 0. The minimum absolute atomic E-state index is 0. The van der Waals surface area contributed by atoms with Crippen LogP contribution in [0.25, 0.3) is 0 Å². The molecule has 1 rings (SSSR count). The molecule has 0 aromatic heterocycles. The minimum atomic E-state index is 0. The fourth-order valence-corrected chi connectivity index (χ4v) is 1.19. The molecular formula is C10H15Mn-. The Morgan fingerprint density at radius 3 is 2.82 bits per heavy atom. The molecule has 0 spiro atoms. The number of allylic oxidation sites excluding steroid dienone is 4. The van der Waals surface area contributed by atoms with Gasteiger partial charge in [0, 0.05) is 17.1 Å². The number of hydrogen-bond donors (Lipinski definition) is 0. The summed E-state index contributed by atoms with van der Waals surface area (Å²) in [5, 5.41) is 0. The van der Waals surface area contributed by atoms with Crippen LogP contribution in [0.15, 0.2) is 17.7 Å². The summed E-state index contributed by atoms with van der Waals surface area (Å²) in [7, 11) is 0. The van der Waals surface area contributed by atoms with Gasteiger partial charge in [-0.1, -0.05) is 32.6 Å². The molecular weight excluding hydrogens is 175 g/mol. The Morgan fingerprint density at radius 2 is 2.27 bits per heavy atom. The molecule has 1 heteroatoms. The quantitative estimate of drug-likeness (QED) is 0.362. The van der Waals surface area contributed by atoms with E-state index in [2.05, 4.69) is 25.2 Å². The second-order valence-corrected chi connectivity index (χ2v) is 2.77. The number of unbranched alkanes of at least 4 members (excludes halogenated alkanes) is 2. The molecule has 0 unspecified atom stereocenters. The molecule has 0 aliphatic heterocycles. The topological polar surface area (TPSA) is 0 Å². The molecule has 0 fully saturated rings. The molecule has 0 atom stereocenters. The maximum atomic E-state index is 3.32. The van der Waals surface area contributed by atoms with Gasteiger partial charge in [-0.3, -0.25) is 6.08 Å². The molecule has 0 aromatic rings. The van der Waals surface area contributed by atoms with E-state index < -0.39 is 0 Å². The molecule has 0 saturated heterocycles. The first-order valence-electron chi connectivity index (χ1n) is 4.19. The Balaban J connectivity index is 0.000001000. The van der Waals surface area contributed by atoms with E-state index in [4.69, 9.17) is 0 Å². The van der Waals surface area contributed by atoms with E-state index in [0.29, 0.717) is 0 Å². The third kappa shape index (κ3) is 4.44. The minimum Gasteiger partial charge on any atom is -0.269 e. The van der Waals surface area contributed by atoms with Crippen LogP contribution < -0.4 is 0 Å². The van der Waals surface area contributed by atoms with E-state index in [-0.39, 0.29) is 17.1 Å². The van der Waals surface area contributed by atoms with E-state index in [0.717, 1.165) is 6.42 Å². The summed E-state index contributed by atoms with van der Waals surface area (Å²) < 4.78 is 0. The normalized spacial score (nSPS) is 14.5. The summed E-state index contributed by atoms with van der Waals surface area (Å²) in [6.45, 7) is 2.24. The Morgan fingerprint density at radius 1 is 1.45 bits per heavy atom. The second kappa shape index (κ2) is 6.69. The van der Waals surface area contributed by atoms with E-state index in [1.54, 1.807) is 0 Å². The van der Waals surface area contributed by atoms with Gasteiger partial charge in [0.05, 0.1) is 0 Å². The van der Waals surface area contributed by atoms with E-state index >= 15 is 0 Å². The molecule has 0 N–H and O–H groups in total. The summed E-state index contributed by atoms with van der Waals surface area (Å²) in [6.07, 6.45) is 14.0. The Bertz CT molecular complexity index is 145. The van der Waals surface area contributed by atoms with Gasteiger partial charge in [0.1, 0.15) is 0 Å². The molecule has 0 aromatic carbocycles. The summed E-state index contributed by atoms with van der Waals surface area (Å²) >= 11 is 0. The Labute approximate surface area is 80.2 Å². The number of hydrogen-bond acceptors (Lipinski definition) is 0. The monoisotopic (exact) mass is 190 g/mol. The van der Waals surface area contributed by atoms with Crippen LogP contribution in [0.3, 0.4) is 0 Å². The van der Waals surface area contributed by atoms with Crippen molar-refractivity contribution in [1.82, 2.24) is 0 Å². The zero-order valence-electron chi connectivity index (χ0n) is 7.07. The zero-order valence-corrected chi connectivity index (χ0v) is 8.25. The summed E-state index contributed by atoms with van der Waals surface area (Å²) in [5.41, 5.74) is 1.42. The van der Waals surface area contributed by atoms with Crippen LogP contribution in [0.2, 0.25) is 0 Å². The predicted octanol–water partition coefficient (Wildman–Crippen LogP) is 3.25. The average Bonchev–Trinajstić information content (AvgIpc) is 2.41. The van der Waals surface area contributed by atoms with Gasteiger partial charge in [0.2, 0.25) is 0 Å². The fraction of sp³-hybridized carbons (Fsp3) is 0.600. The van der Waals surface area contributed by atoms with Crippen molar-refractivity contribution in [3.05, 3.63) is 23.8 Å². The van der Waals surface area contributed by atoms with Crippen LogP contribution in [0.4, 0.5) is 0 Å². The van der Waals surface area contributed by atoms with Gasteiger partial charge in [-0.05, 0) is 0 Å². The average molecular weight is 190 g/mol. The smallest absolute Gasteiger partial charge is 0 e. The van der Waals surface area contributed by atoms with Gasteiger partial charge in [-0.25, -0.2) is 11.6 Å². The molecule has 63 valence electrons. The first-order chi connectivity index (χ1) is 4.93. The van der Waals surface area contributed by atoms with Gasteiger partial charge in [0.25, 0.3) is 0 Å². The van der Waals surface area contributed by atoms with Gasteiger partial charge in [0.15, 0.2) is 0 Å². The van der Waals surface area contributed by atoms with Crippen molar-refractivity contribution >= 4 is 0 Å².